The molecule has 2 fully saturated rings. The van der Waals surface area contributed by atoms with Crippen LogP contribution in [-0.4, -0.2) is 49.8 Å². The first-order chi connectivity index (χ1) is 14.0. The third-order valence-electron chi connectivity index (χ3n) is 6.63. The summed E-state index contributed by atoms with van der Waals surface area (Å²) in [5.41, 5.74) is 0.105. The predicted octanol–water partition coefficient (Wildman–Crippen LogP) is 4.72. The highest BCUT2D eigenvalue weighted by Gasteiger charge is 2.41. The van der Waals surface area contributed by atoms with Gasteiger partial charge in [-0.3, -0.25) is 4.79 Å². The molecule has 1 aromatic rings. The first kappa shape index (κ1) is 22.1. The molecule has 162 valence electrons. The summed E-state index contributed by atoms with van der Waals surface area (Å²) in [6.45, 7) is 8.85. The molecule has 2 aliphatic rings. The number of likely N-dealkylation sites (tertiary alicyclic amines) is 1. The summed E-state index contributed by atoms with van der Waals surface area (Å²) in [4.78, 5) is 15.4. The highest BCUT2D eigenvalue weighted by atomic mass is 16.5. The summed E-state index contributed by atoms with van der Waals surface area (Å²) in [6.07, 6.45) is 7.36. The quantitative estimate of drug-likeness (QED) is 0.639. The molecule has 1 aliphatic carbocycles. The van der Waals surface area contributed by atoms with Gasteiger partial charge in [0.15, 0.2) is 0 Å². The maximum Gasteiger partial charge on any atom is 0.256 e. The van der Waals surface area contributed by atoms with E-state index in [9.17, 15) is 4.79 Å². The zero-order chi connectivity index (χ0) is 20.7. The second-order valence-electron chi connectivity index (χ2n) is 9.11. The molecule has 0 spiro atoms. The van der Waals surface area contributed by atoms with Gasteiger partial charge in [-0.05, 0) is 87.6 Å². The van der Waals surface area contributed by atoms with Crippen molar-refractivity contribution in [2.75, 3.05) is 38.7 Å². The number of amides is 1. The smallest absolute Gasteiger partial charge is 0.256 e. The molecule has 29 heavy (non-hydrogen) atoms. The lowest BCUT2D eigenvalue weighted by Gasteiger charge is -2.36. The molecule has 0 radical (unpaired) electrons. The average molecular weight is 403 g/mol. The van der Waals surface area contributed by atoms with Crippen LogP contribution < -0.4 is 10.1 Å². The van der Waals surface area contributed by atoms with E-state index in [0.717, 1.165) is 62.6 Å². The fourth-order valence-corrected chi connectivity index (χ4v) is 4.60. The van der Waals surface area contributed by atoms with Crippen molar-refractivity contribution in [3.8, 4) is 5.75 Å². The minimum Gasteiger partial charge on any atom is -0.494 e. The summed E-state index contributed by atoms with van der Waals surface area (Å²) in [7, 11) is 1.65. The van der Waals surface area contributed by atoms with Crippen LogP contribution in [-0.2, 0) is 9.53 Å². The molecule has 1 saturated carbocycles. The number of piperidine rings is 1. The molecule has 5 nitrogen and oxygen atoms in total. The van der Waals surface area contributed by atoms with E-state index >= 15 is 0 Å². The lowest BCUT2D eigenvalue weighted by Crippen LogP contribution is -2.47. The van der Waals surface area contributed by atoms with E-state index in [1.807, 2.05) is 24.3 Å². The second-order valence-corrected chi connectivity index (χ2v) is 9.11. The van der Waals surface area contributed by atoms with E-state index in [1.54, 1.807) is 7.11 Å². The average Bonchev–Trinajstić information content (AvgIpc) is 2.73. The van der Waals surface area contributed by atoms with Gasteiger partial charge in [0.05, 0.1) is 6.61 Å². The number of nitrogens with one attached hydrogen (secondary N) is 1. The van der Waals surface area contributed by atoms with Crippen molar-refractivity contribution < 1.29 is 14.3 Å². The number of nitrogens with zero attached hydrogens (tertiary/aromatic N) is 1. The van der Waals surface area contributed by atoms with E-state index in [2.05, 4.69) is 24.1 Å². The fraction of sp³-hybridized carbons (Fsp3) is 0.708. The minimum atomic E-state index is -0.687. The van der Waals surface area contributed by atoms with Gasteiger partial charge in [0.25, 0.3) is 5.91 Å². The molecule has 0 bridgehead atoms. The Morgan fingerprint density at radius 1 is 1.14 bits per heavy atom. The minimum absolute atomic E-state index is 0.0312. The van der Waals surface area contributed by atoms with Crippen LogP contribution in [0.25, 0.3) is 0 Å². The zero-order valence-corrected chi connectivity index (χ0v) is 18.4. The normalized spacial score (nSPS) is 28.1. The van der Waals surface area contributed by atoms with Crippen molar-refractivity contribution in [1.29, 1.82) is 0 Å². The maximum absolute atomic E-state index is 12.8. The van der Waals surface area contributed by atoms with Gasteiger partial charge in [0.2, 0.25) is 0 Å². The number of carbonyl (C=O) groups excluding carboxylic acids is 1. The summed E-state index contributed by atoms with van der Waals surface area (Å²) in [6, 6.07) is 7.69. The zero-order valence-electron chi connectivity index (χ0n) is 18.4. The van der Waals surface area contributed by atoms with Crippen LogP contribution in [0.2, 0.25) is 0 Å². The first-order valence-corrected chi connectivity index (χ1v) is 11.3. The summed E-state index contributed by atoms with van der Waals surface area (Å²) >= 11 is 0. The molecule has 3 rings (SSSR count). The first-order valence-electron chi connectivity index (χ1n) is 11.3. The molecule has 1 saturated heterocycles. The van der Waals surface area contributed by atoms with Gasteiger partial charge in [0.1, 0.15) is 11.4 Å². The van der Waals surface area contributed by atoms with Crippen molar-refractivity contribution in [3.63, 3.8) is 0 Å². The lowest BCUT2D eigenvalue weighted by molar-refractivity contribution is -0.142. The van der Waals surface area contributed by atoms with Crippen LogP contribution >= 0.6 is 0 Å². The Kier molecular flexibility index (Phi) is 7.96. The molecular weight excluding hydrogens is 364 g/mol. The highest BCUT2D eigenvalue weighted by molar-refractivity contribution is 5.97. The third kappa shape index (κ3) is 6.19. The molecule has 0 aromatic heterocycles. The highest BCUT2D eigenvalue weighted by Crippen LogP contribution is 2.35. The van der Waals surface area contributed by atoms with Crippen LogP contribution in [0.15, 0.2) is 24.3 Å². The number of carbonyl (C=O) groups is 1. The molecule has 1 aromatic carbocycles. The second kappa shape index (κ2) is 10.4. The van der Waals surface area contributed by atoms with Crippen LogP contribution in [0.5, 0.6) is 5.75 Å². The van der Waals surface area contributed by atoms with Crippen molar-refractivity contribution in [1.82, 2.24) is 4.90 Å². The fourth-order valence-electron chi connectivity index (χ4n) is 4.60. The summed E-state index contributed by atoms with van der Waals surface area (Å²) in [5.74, 6) is 2.31. The number of hydrogen-bond acceptors (Lipinski definition) is 4. The number of hydrogen-bond donors (Lipinski definition) is 1. The number of methoxy groups -OCH3 is 1. The van der Waals surface area contributed by atoms with Gasteiger partial charge < -0.3 is 19.7 Å². The molecule has 1 amide bonds. The largest absolute Gasteiger partial charge is 0.494 e. The topological polar surface area (TPSA) is 50.8 Å². The van der Waals surface area contributed by atoms with Gasteiger partial charge in [0, 0.05) is 25.9 Å². The molecule has 5 heteroatoms. The summed E-state index contributed by atoms with van der Waals surface area (Å²) < 4.78 is 11.6. The van der Waals surface area contributed by atoms with Gasteiger partial charge in [-0.2, -0.15) is 0 Å². The summed E-state index contributed by atoms with van der Waals surface area (Å²) in [5, 5.41) is 3.03. The van der Waals surface area contributed by atoms with E-state index in [1.165, 1.54) is 25.9 Å². The number of ether oxygens (including phenoxy) is 2. The molecule has 1 aliphatic heterocycles. The number of rotatable bonds is 8. The number of anilines is 1. The third-order valence-corrected chi connectivity index (χ3v) is 6.63. The SMILES string of the molecule is COC1(C(=O)Nc2ccc(OCCCN3CCC[C@H](C)C3)cc2)CCC(C)CC1. The Labute approximate surface area is 176 Å². The van der Waals surface area contributed by atoms with E-state index in [0.29, 0.717) is 5.92 Å². The van der Waals surface area contributed by atoms with Crippen molar-refractivity contribution >= 4 is 11.6 Å². The Hall–Kier alpha value is -1.59. The molecule has 1 N–H and O–H groups in total. The van der Waals surface area contributed by atoms with E-state index in [4.69, 9.17) is 9.47 Å². The maximum atomic E-state index is 12.8. The van der Waals surface area contributed by atoms with Crippen molar-refractivity contribution in [3.05, 3.63) is 24.3 Å². The Morgan fingerprint density at radius 3 is 2.52 bits per heavy atom. The van der Waals surface area contributed by atoms with Gasteiger partial charge in [-0.1, -0.05) is 13.8 Å². The predicted molar refractivity (Wildman–Crippen MR) is 117 cm³/mol. The van der Waals surface area contributed by atoms with Crippen LogP contribution in [0.3, 0.4) is 0 Å². The standard InChI is InChI=1S/C24H38N2O3/c1-19-11-13-24(28-3,14-12-19)23(27)25-21-7-9-22(10-8-21)29-17-5-16-26-15-4-6-20(2)18-26/h7-10,19-20H,4-6,11-18H2,1-3H3,(H,25,27)/t19?,20-,24?/m0/s1. The van der Waals surface area contributed by atoms with Gasteiger partial charge >= 0.3 is 0 Å². The molecule has 1 atom stereocenters. The van der Waals surface area contributed by atoms with Crippen molar-refractivity contribution in [2.24, 2.45) is 11.8 Å². The Morgan fingerprint density at radius 2 is 1.86 bits per heavy atom. The molecule has 0 unspecified atom stereocenters. The lowest BCUT2D eigenvalue weighted by atomic mass is 9.79. The number of benzene rings is 1. The van der Waals surface area contributed by atoms with Crippen molar-refractivity contribution in [2.45, 2.75) is 64.4 Å². The van der Waals surface area contributed by atoms with E-state index in [-0.39, 0.29) is 5.91 Å². The van der Waals surface area contributed by atoms with Gasteiger partial charge in [-0.25, -0.2) is 0 Å². The monoisotopic (exact) mass is 402 g/mol. The van der Waals surface area contributed by atoms with Gasteiger partial charge in [-0.15, -0.1) is 0 Å². The Bertz CT molecular complexity index is 638. The van der Waals surface area contributed by atoms with Crippen LogP contribution in [0, 0.1) is 11.8 Å². The Balaban J connectivity index is 1.42. The van der Waals surface area contributed by atoms with E-state index < -0.39 is 5.60 Å². The molecule has 1 heterocycles. The van der Waals surface area contributed by atoms with Crippen LogP contribution in [0.1, 0.15) is 58.8 Å². The van der Waals surface area contributed by atoms with Crippen LogP contribution in [0.4, 0.5) is 5.69 Å². The molecular formula is C24H38N2O3.